The highest BCUT2D eigenvalue weighted by molar-refractivity contribution is 6.31. The van der Waals surface area contributed by atoms with Crippen LogP contribution in [-0.2, 0) is 4.79 Å². The van der Waals surface area contributed by atoms with Crippen LogP contribution in [0.2, 0.25) is 5.02 Å². The number of nitrogens with zero attached hydrogens (tertiary/aromatic N) is 2. The van der Waals surface area contributed by atoms with Gasteiger partial charge in [0, 0.05) is 36.1 Å². The summed E-state index contributed by atoms with van der Waals surface area (Å²) >= 11 is 6.06. The van der Waals surface area contributed by atoms with E-state index in [0.29, 0.717) is 22.8 Å². The highest BCUT2D eigenvalue weighted by Gasteiger charge is 2.23. The molecular weight excluding hydrogens is 376 g/mol. The zero-order valence-corrected chi connectivity index (χ0v) is 17.2. The van der Waals surface area contributed by atoms with E-state index >= 15 is 0 Å². The third-order valence-electron chi connectivity index (χ3n) is 5.07. The Bertz CT molecular complexity index is 863. The van der Waals surface area contributed by atoms with Crippen molar-refractivity contribution in [2.45, 2.75) is 39.2 Å². The minimum atomic E-state index is -0.106. The number of halogens is 1. The largest absolute Gasteiger partial charge is 0.355 e. The molecule has 2 amide bonds. The maximum absolute atomic E-state index is 12.8. The number of amides is 2. The molecule has 1 aromatic heterocycles. The predicted molar refractivity (Wildman–Crippen MR) is 112 cm³/mol. The Morgan fingerprint density at radius 1 is 1.25 bits per heavy atom. The molecule has 28 heavy (non-hydrogen) atoms. The lowest BCUT2D eigenvalue weighted by atomic mass is 10.0. The van der Waals surface area contributed by atoms with E-state index in [1.54, 1.807) is 6.07 Å². The molecule has 0 atom stereocenters. The molecule has 2 heterocycles. The van der Waals surface area contributed by atoms with Crippen molar-refractivity contribution in [2.24, 2.45) is 0 Å². The highest BCUT2D eigenvalue weighted by Crippen LogP contribution is 2.21. The smallest absolute Gasteiger partial charge is 0.253 e. The third-order valence-corrected chi connectivity index (χ3v) is 5.31. The van der Waals surface area contributed by atoms with Crippen molar-refractivity contribution in [1.82, 2.24) is 20.5 Å². The van der Waals surface area contributed by atoms with Crippen LogP contribution < -0.4 is 10.6 Å². The van der Waals surface area contributed by atoms with Gasteiger partial charge in [0.05, 0.1) is 23.3 Å². The number of fused-ring (bicyclic) bond motifs is 1. The van der Waals surface area contributed by atoms with E-state index in [9.17, 15) is 9.59 Å². The first kappa shape index (κ1) is 20.6. The fourth-order valence-electron chi connectivity index (χ4n) is 3.50. The molecule has 1 aliphatic heterocycles. The van der Waals surface area contributed by atoms with Crippen LogP contribution in [0.1, 0.15) is 42.2 Å². The SMILES string of the molecule is CCCNC(=O)CN1CCC(NC(=O)c2cc3cc(Cl)ccc3nc2C)CC1. The lowest BCUT2D eigenvalue weighted by Gasteiger charge is -2.32. The number of rotatable bonds is 6. The second-order valence-corrected chi connectivity index (χ2v) is 7.77. The predicted octanol–water partition coefficient (Wildman–Crippen LogP) is 2.92. The van der Waals surface area contributed by atoms with Gasteiger partial charge in [-0.1, -0.05) is 18.5 Å². The van der Waals surface area contributed by atoms with Gasteiger partial charge in [-0.15, -0.1) is 0 Å². The number of pyridine rings is 1. The molecule has 1 aliphatic rings. The van der Waals surface area contributed by atoms with Crippen LogP contribution >= 0.6 is 11.6 Å². The summed E-state index contributed by atoms with van der Waals surface area (Å²) in [6, 6.07) is 7.44. The summed E-state index contributed by atoms with van der Waals surface area (Å²) in [4.78, 5) is 31.3. The Kier molecular flexibility index (Phi) is 6.86. The van der Waals surface area contributed by atoms with Gasteiger partial charge in [-0.3, -0.25) is 19.5 Å². The lowest BCUT2D eigenvalue weighted by Crippen LogP contribution is -2.47. The minimum Gasteiger partial charge on any atom is -0.355 e. The number of benzene rings is 1. The number of hydrogen-bond acceptors (Lipinski definition) is 4. The van der Waals surface area contributed by atoms with E-state index < -0.39 is 0 Å². The van der Waals surface area contributed by atoms with Crippen LogP contribution in [0.5, 0.6) is 0 Å². The number of carbonyl (C=O) groups excluding carboxylic acids is 2. The second-order valence-electron chi connectivity index (χ2n) is 7.33. The van der Waals surface area contributed by atoms with Crippen LogP contribution in [0.3, 0.4) is 0 Å². The van der Waals surface area contributed by atoms with Gasteiger partial charge in [0.1, 0.15) is 0 Å². The van der Waals surface area contributed by atoms with E-state index in [2.05, 4.69) is 20.5 Å². The summed E-state index contributed by atoms with van der Waals surface area (Å²) in [6.07, 6.45) is 2.60. The van der Waals surface area contributed by atoms with Crippen molar-refractivity contribution in [3.63, 3.8) is 0 Å². The molecule has 6 nitrogen and oxygen atoms in total. The lowest BCUT2D eigenvalue weighted by molar-refractivity contribution is -0.122. The maximum Gasteiger partial charge on any atom is 0.253 e. The Hall–Kier alpha value is -2.18. The zero-order valence-electron chi connectivity index (χ0n) is 16.4. The number of hydrogen-bond donors (Lipinski definition) is 2. The topological polar surface area (TPSA) is 74.3 Å². The monoisotopic (exact) mass is 402 g/mol. The number of nitrogens with one attached hydrogen (secondary N) is 2. The molecule has 1 fully saturated rings. The van der Waals surface area contributed by atoms with E-state index in [1.165, 1.54) is 0 Å². The molecule has 0 aliphatic carbocycles. The Morgan fingerprint density at radius 3 is 2.71 bits per heavy atom. The molecule has 7 heteroatoms. The molecule has 0 unspecified atom stereocenters. The molecule has 2 N–H and O–H groups in total. The zero-order chi connectivity index (χ0) is 20.1. The van der Waals surface area contributed by atoms with Gasteiger partial charge < -0.3 is 10.6 Å². The van der Waals surface area contributed by atoms with Gasteiger partial charge in [0.2, 0.25) is 5.91 Å². The van der Waals surface area contributed by atoms with Crippen molar-refractivity contribution in [3.05, 3.63) is 40.5 Å². The second kappa shape index (κ2) is 9.34. The van der Waals surface area contributed by atoms with Gasteiger partial charge in [0.25, 0.3) is 5.91 Å². The van der Waals surface area contributed by atoms with Crippen molar-refractivity contribution in [1.29, 1.82) is 0 Å². The van der Waals surface area contributed by atoms with Gasteiger partial charge in [-0.2, -0.15) is 0 Å². The first-order chi connectivity index (χ1) is 13.5. The van der Waals surface area contributed by atoms with Crippen molar-refractivity contribution in [3.8, 4) is 0 Å². The van der Waals surface area contributed by atoms with Gasteiger partial charge in [-0.05, 0) is 50.5 Å². The summed E-state index contributed by atoms with van der Waals surface area (Å²) in [5.41, 5.74) is 2.11. The van der Waals surface area contributed by atoms with Crippen LogP contribution in [0.15, 0.2) is 24.3 Å². The summed E-state index contributed by atoms with van der Waals surface area (Å²) in [7, 11) is 0. The van der Waals surface area contributed by atoms with Crippen molar-refractivity contribution in [2.75, 3.05) is 26.2 Å². The molecule has 0 saturated carbocycles. The summed E-state index contributed by atoms with van der Waals surface area (Å²) in [5, 5.41) is 7.51. The fourth-order valence-corrected chi connectivity index (χ4v) is 3.68. The molecule has 0 radical (unpaired) electrons. The molecule has 0 bridgehead atoms. The number of aryl methyl sites for hydroxylation is 1. The number of piperidine rings is 1. The van der Waals surface area contributed by atoms with E-state index in [4.69, 9.17) is 11.6 Å². The molecule has 0 spiro atoms. The van der Waals surface area contributed by atoms with E-state index in [0.717, 1.165) is 49.8 Å². The summed E-state index contributed by atoms with van der Waals surface area (Å²) in [6.45, 7) is 6.63. The molecule has 2 aromatic rings. The molecule has 150 valence electrons. The molecule has 1 saturated heterocycles. The summed E-state index contributed by atoms with van der Waals surface area (Å²) < 4.78 is 0. The van der Waals surface area contributed by atoms with Crippen LogP contribution in [0, 0.1) is 6.92 Å². The van der Waals surface area contributed by atoms with Crippen molar-refractivity contribution >= 4 is 34.3 Å². The average Bonchev–Trinajstić information content (AvgIpc) is 2.67. The van der Waals surface area contributed by atoms with Gasteiger partial charge in [0.15, 0.2) is 0 Å². The normalized spacial score (nSPS) is 15.5. The molecule has 3 rings (SSSR count). The van der Waals surface area contributed by atoms with Crippen LogP contribution in [0.4, 0.5) is 0 Å². The number of carbonyl (C=O) groups is 2. The first-order valence-corrected chi connectivity index (χ1v) is 10.2. The minimum absolute atomic E-state index is 0.0702. The Morgan fingerprint density at radius 2 is 2.00 bits per heavy atom. The molecule has 1 aromatic carbocycles. The fraction of sp³-hybridized carbons (Fsp3) is 0.476. The average molecular weight is 403 g/mol. The van der Waals surface area contributed by atoms with E-state index in [-0.39, 0.29) is 17.9 Å². The quantitative estimate of drug-likeness (QED) is 0.779. The van der Waals surface area contributed by atoms with Gasteiger partial charge in [-0.25, -0.2) is 0 Å². The first-order valence-electron chi connectivity index (χ1n) is 9.83. The maximum atomic E-state index is 12.8. The standard InChI is InChI=1S/C21H27ClN4O2/c1-3-8-23-20(27)13-26-9-6-17(7-10-26)25-21(28)18-12-15-11-16(22)4-5-19(15)24-14(18)2/h4-5,11-12,17H,3,6-10,13H2,1-2H3,(H,23,27)(H,25,28). The Balaban J connectivity index is 1.56. The van der Waals surface area contributed by atoms with E-state index in [1.807, 2.05) is 32.0 Å². The number of likely N-dealkylation sites (tertiary alicyclic amines) is 1. The van der Waals surface area contributed by atoms with Crippen molar-refractivity contribution < 1.29 is 9.59 Å². The number of aromatic nitrogens is 1. The summed E-state index contributed by atoms with van der Waals surface area (Å²) in [5.74, 6) is -0.0353. The van der Waals surface area contributed by atoms with Crippen LogP contribution in [-0.4, -0.2) is 53.9 Å². The third kappa shape index (κ3) is 5.20. The molecular formula is C21H27ClN4O2. The Labute approximate surface area is 170 Å². The highest BCUT2D eigenvalue weighted by atomic mass is 35.5. The van der Waals surface area contributed by atoms with Gasteiger partial charge >= 0.3 is 0 Å². The van der Waals surface area contributed by atoms with Crippen LogP contribution in [0.25, 0.3) is 10.9 Å².